The van der Waals surface area contributed by atoms with Gasteiger partial charge in [-0.2, -0.15) is 29.8 Å². The van der Waals surface area contributed by atoms with Gasteiger partial charge in [0.15, 0.2) is 0 Å². The third-order valence-corrected chi connectivity index (χ3v) is 6.44. The molecule has 4 rings (SSSR count). The monoisotopic (exact) mass is 474 g/mol. The van der Waals surface area contributed by atoms with E-state index in [0.717, 1.165) is 42.6 Å². The fourth-order valence-corrected chi connectivity index (χ4v) is 4.54. The van der Waals surface area contributed by atoms with Gasteiger partial charge in [0.1, 0.15) is 5.75 Å². The van der Waals surface area contributed by atoms with E-state index in [0.29, 0.717) is 5.92 Å². The molecule has 1 fully saturated rings. The summed E-state index contributed by atoms with van der Waals surface area (Å²) in [5, 5.41) is 11.4. The molecule has 0 atom stereocenters. The van der Waals surface area contributed by atoms with E-state index in [1.54, 1.807) is 7.11 Å². The molecule has 3 aromatic carbocycles. The molecule has 0 aliphatic heterocycles. The molecule has 3 aromatic rings. The summed E-state index contributed by atoms with van der Waals surface area (Å²) in [5.41, 5.74) is 6.39. The molecule has 1 aliphatic rings. The van der Waals surface area contributed by atoms with Gasteiger partial charge >= 0.3 is 0 Å². The maximum absolute atomic E-state index is 11.4. The number of rotatable bonds is 4. The number of aryl methyl sites for hydroxylation is 2. The van der Waals surface area contributed by atoms with E-state index in [4.69, 9.17) is 4.74 Å². The Hall–Kier alpha value is -1.48. The van der Waals surface area contributed by atoms with Gasteiger partial charge in [-0.3, -0.25) is 0 Å². The van der Waals surface area contributed by atoms with Gasteiger partial charge in [0, 0.05) is 32.7 Å². The van der Waals surface area contributed by atoms with Crippen molar-refractivity contribution in [2.75, 3.05) is 7.11 Å². The molecule has 30 heavy (non-hydrogen) atoms. The van der Waals surface area contributed by atoms with Crippen molar-refractivity contribution >= 4 is 0 Å². The summed E-state index contributed by atoms with van der Waals surface area (Å²) in [7, 11) is 1.69. The molecule has 0 unspecified atom stereocenters. The van der Waals surface area contributed by atoms with Crippen LogP contribution in [0.15, 0.2) is 60.7 Å². The molecule has 0 bridgehead atoms. The van der Waals surface area contributed by atoms with E-state index in [1.165, 1.54) is 22.3 Å². The summed E-state index contributed by atoms with van der Waals surface area (Å²) >= 11 is 0. The maximum Gasteiger partial charge on any atom is 0.118 e. The Morgan fingerprint density at radius 2 is 1.67 bits per heavy atom. The largest absolute Gasteiger partial charge is 0.497 e. The van der Waals surface area contributed by atoms with Crippen LogP contribution >= 0.6 is 0 Å². The van der Waals surface area contributed by atoms with Crippen LogP contribution in [0.3, 0.4) is 0 Å². The summed E-state index contributed by atoms with van der Waals surface area (Å²) in [6.45, 7) is 4.18. The van der Waals surface area contributed by atoms with Gasteiger partial charge in [0.2, 0.25) is 0 Å². The van der Waals surface area contributed by atoms with Crippen molar-refractivity contribution in [1.29, 1.82) is 0 Å². The first kappa shape index (κ1) is 23.2. The van der Waals surface area contributed by atoms with Crippen LogP contribution in [0.25, 0.3) is 11.1 Å². The molecule has 1 saturated carbocycles. The van der Waals surface area contributed by atoms with Crippen LogP contribution in [-0.2, 0) is 38.3 Å². The van der Waals surface area contributed by atoms with Gasteiger partial charge < -0.3 is 9.84 Å². The predicted octanol–water partition coefficient (Wildman–Crippen LogP) is 6.32. The van der Waals surface area contributed by atoms with Gasteiger partial charge in [-0.15, -0.1) is 5.56 Å². The topological polar surface area (TPSA) is 29.5 Å². The van der Waals surface area contributed by atoms with E-state index in [-0.39, 0.29) is 32.7 Å². The molecule has 0 spiro atoms. The van der Waals surface area contributed by atoms with Gasteiger partial charge in [-0.1, -0.05) is 48.4 Å². The zero-order valence-electron chi connectivity index (χ0n) is 18.1. The normalized spacial score (nSPS) is 21.0. The molecular weight excluding hydrogens is 445 g/mol. The maximum atomic E-state index is 11.4. The predicted molar refractivity (Wildman–Crippen MR) is 118 cm³/mol. The van der Waals surface area contributed by atoms with E-state index in [9.17, 15) is 5.11 Å². The SMILES string of the molecule is COc1ccc(C2CCC(O)(c3ccc(-c4c[c-]c(C)cc4)c(C)c3)CC2)cc1.[Y]. The van der Waals surface area contributed by atoms with E-state index < -0.39 is 5.60 Å². The van der Waals surface area contributed by atoms with Crippen LogP contribution in [-0.4, -0.2) is 12.2 Å². The summed E-state index contributed by atoms with van der Waals surface area (Å²) < 4.78 is 5.26. The molecule has 1 aliphatic carbocycles. The van der Waals surface area contributed by atoms with Crippen molar-refractivity contribution in [1.82, 2.24) is 0 Å². The summed E-state index contributed by atoms with van der Waals surface area (Å²) in [5.74, 6) is 1.40. The number of hydrogen-bond donors (Lipinski definition) is 1. The standard InChI is InChI=1S/C27H29O2.Y/c1-19-4-6-23(7-5-19)26-13-10-24(18-20(26)2)27(28)16-14-22(15-17-27)21-8-11-25(29-3)12-9-21;/h4,6-13,18,22,28H,14-17H2,1-3H3;/q-1;. The van der Waals surface area contributed by atoms with Gasteiger partial charge in [0.05, 0.1) is 12.7 Å². The average Bonchev–Trinajstić information content (AvgIpc) is 2.75. The Bertz CT molecular complexity index is 969. The van der Waals surface area contributed by atoms with E-state index in [1.807, 2.05) is 18.2 Å². The van der Waals surface area contributed by atoms with Crippen LogP contribution in [0.5, 0.6) is 5.75 Å². The van der Waals surface area contributed by atoms with Crippen molar-refractivity contribution in [3.05, 3.63) is 89.0 Å². The Kier molecular flexibility index (Phi) is 7.55. The number of benzene rings is 3. The summed E-state index contributed by atoms with van der Waals surface area (Å²) in [6, 6.07) is 24.4. The number of ether oxygens (including phenoxy) is 1. The van der Waals surface area contributed by atoms with Crippen LogP contribution in [0.2, 0.25) is 0 Å². The number of aliphatic hydroxyl groups is 1. The van der Waals surface area contributed by atoms with E-state index in [2.05, 4.69) is 62.4 Å². The molecular formula is C27H29O2Y-. The fraction of sp³-hybridized carbons (Fsp3) is 0.333. The molecule has 0 saturated heterocycles. The van der Waals surface area contributed by atoms with Crippen LogP contribution < -0.4 is 4.74 Å². The van der Waals surface area contributed by atoms with Gasteiger partial charge in [0.25, 0.3) is 0 Å². The number of methoxy groups -OCH3 is 1. The average molecular weight is 474 g/mol. The molecule has 153 valence electrons. The molecule has 0 heterocycles. The first-order valence-corrected chi connectivity index (χ1v) is 10.4. The Morgan fingerprint density at radius 1 is 0.967 bits per heavy atom. The van der Waals surface area contributed by atoms with Crippen molar-refractivity contribution in [2.45, 2.75) is 51.0 Å². The minimum Gasteiger partial charge on any atom is -0.497 e. The summed E-state index contributed by atoms with van der Waals surface area (Å²) in [4.78, 5) is 0. The number of hydrogen-bond acceptors (Lipinski definition) is 2. The Labute approximate surface area is 205 Å². The van der Waals surface area contributed by atoms with Crippen molar-refractivity contribution in [2.24, 2.45) is 0 Å². The molecule has 1 N–H and O–H groups in total. The third kappa shape index (κ3) is 4.88. The van der Waals surface area contributed by atoms with Gasteiger partial charge in [-0.25, -0.2) is 0 Å². The molecule has 1 radical (unpaired) electrons. The minimum atomic E-state index is -0.730. The molecule has 3 heteroatoms. The zero-order valence-corrected chi connectivity index (χ0v) is 21.0. The van der Waals surface area contributed by atoms with Crippen molar-refractivity contribution < 1.29 is 42.6 Å². The molecule has 2 nitrogen and oxygen atoms in total. The fourth-order valence-electron chi connectivity index (χ4n) is 4.54. The second-order valence-corrected chi connectivity index (χ2v) is 8.37. The molecule has 0 amide bonds. The van der Waals surface area contributed by atoms with Gasteiger partial charge in [-0.05, 0) is 61.8 Å². The van der Waals surface area contributed by atoms with Crippen LogP contribution in [0, 0.1) is 19.9 Å². The second-order valence-electron chi connectivity index (χ2n) is 8.37. The summed E-state index contributed by atoms with van der Waals surface area (Å²) in [6.07, 6.45) is 3.58. The first-order valence-electron chi connectivity index (χ1n) is 10.4. The zero-order chi connectivity index (χ0) is 20.4. The minimum absolute atomic E-state index is 0. The van der Waals surface area contributed by atoms with Crippen LogP contribution in [0.1, 0.15) is 53.9 Å². The van der Waals surface area contributed by atoms with E-state index >= 15 is 0 Å². The quantitative estimate of drug-likeness (QED) is 0.449. The van der Waals surface area contributed by atoms with Crippen molar-refractivity contribution in [3.8, 4) is 16.9 Å². The third-order valence-electron chi connectivity index (χ3n) is 6.44. The Balaban J connectivity index is 0.00000256. The van der Waals surface area contributed by atoms with Crippen molar-refractivity contribution in [3.63, 3.8) is 0 Å². The second kappa shape index (κ2) is 9.77. The molecule has 0 aromatic heterocycles. The Morgan fingerprint density at radius 3 is 2.23 bits per heavy atom. The first-order chi connectivity index (χ1) is 14.0. The van der Waals surface area contributed by atoms with Crippen LogP contribution in [0.4, 0.5) is 0 Å². The smallest absolute Gasteiger partial charge is 0.118 e.